The van der Waals surface area contributed by atoms with Crippen LogP contribution in [0, 0.1) is 20.8 Å². The van der Waals surface area contributed by atoms with Gasteiger partial charge in [0.25, 0.3) is 5.56 Å². The van der Waals surface area contributed by atoms with Gasteiger partial charge in [-0.15, -0.1) is 22.7 Å². The van der Waals surface area contributed by atoms with Crippen LogP contribution in [0.3, 0.4) is 0 Å². The minimum atomic E-state index is -0.503. The van der Waals surface area contributed by atoms with Crippen LogP contribution in [0.15, 0.2) is 11.1 Å². The number of hydrogen-bond donors (Lipinski definition) is 1. The fraction of sp³-hybridized carbons (Fsp3) is 0.480. The molecule has 192 valence electrons. The van der Waals surface area contributed by atoms with Crippen molar-refractivity contribution in [3.63, 3.8) is 0 Å². The molecule has 1 saturated carbocycles. The molecule has 0 spiro atoms. The van der Waals surface area contributed by atoms with Crippen molar-refractivity contribution in [1.82, 2.24) is 9.55 Å². The Kier molecular flexibility index (Phi) is 7.89. The number of hydrogen-bond acceptors (Lipinski definition) is 9. The number of nitrogens with zero attached hydrogens (tertiary/aromatic N) is 2. The summed E-state index contributed by atoms with van der Waals surface area (Å²) in [4.78, 5) is 57.2. The Morgan fingerprint density at radius 1 is 1.08 bits per heavy atom. The van der Waals surface area contributed by atoms with Crippen molar-refractivity contribution in [2.45, 2.75) is 72.4 Å². The second-order valence-electron chi connectivity index (χ2n) is 8.84. The molecule has 11 heteroatoms. The highest BCUT2D eigenvalue weighted by atomic mass is 32.1. The van der Waals surface area contributed by atoms with E-state index in [2.05, 4.69) is 10.3 Å². The lowest BCUT2D eigenvalue weighted by Crippen LogP contribution is -2.28. The van der Waals surface area contributed by atoms with E-state index in [1.807, 2.05) is 6.92 Å². The standard InChI is InChI=1S/C25H29N3O6S2/c1-5-33-24(31)19-13(2)15(4)35-22(19)27-17(29)11-28-12-26-21-18(23(28)30)14(3)20(36-21)25(32)34-16-9-7-6-8-10-16/h12,16H,5-11H2,1-4H3,(H,27,29). The molecule has 0 bridgehead atoms. The third-order valence-electron chi connectivity index (χ3n) is 6.36. The Labute approximate surface area is 216 Å². The predicted molar refractivity (Wildman–Crippen MR) is 139 cm³/mol. The number of ether oxygens (including phenoxy) is 2. The van der Waals surface area contributed by atoms with Crippen molar-refractivity contribution in [1.29, 1.82) is 0 Å². The summed E-state index contributed by atoms with van der Waals surface area (Å²) in [5.74, 6) is -1.41. The summed E-state index contributed by atoms with van der Waals surface area (Å²) in [5, 5.41) is 3.43. The molecular formula is C25H29N3O6S2. The maximum Gasteiger partial charge on any atom is 0.348 e. The molecule has 1 fully saturated rings. The molecular weight excluding hydrogens is 502 g/mol. The van der Waals surface area contributed by atoms with Gasteiger partial charge >= 0.3 is 11.9 Å². The maximum atomic E-state index is 13.2. The molecule has 3 aromatic heterocycles. The zero-order chi connectivity index (χ0) is 26.0. The van der Waals surface area contributed by atoms with Gasteiger partial charge in [0.15, 0.2) is 0 Å². The molecule has 0 aliphatic heterocycles. The highest BCUT2D eigenvalue weighted by molar-refractivity contribution is 7.20. The highest BCUT2D eigenvalue weighted by Crippen LogP contribution is 2.33. The van der Waals surface area contributed by atoms with Gasteiger partial charge in [0.2, 0.25) is 5.91 Å². The number of aryl methyl sites for hydroxylation is 2. The highest BCUT2D eigenvalue weighted by Gasteiger charge is 2.25. The quantitative estimate of drug-likeness (QED) is 0.437. The van der Waals surface area contributed by atoms with Gasteiger partial charge in [-0.25, -0.2) is 14.6 Å². The van der Waals surface area contributed by atoms with E-state index in [1.54, 1.807) is 20.8 Å². The van der Waals surface area contributed by atoms with E-state index in [4.69, 9.17) is 9.47 Å². The van der Waals surface area contributed by atoms with Crippen molar-refractivity contribution in [2.24, 2.45) is 0 Å². The normalized spacial score (nSPS) is 14.1. The third kappa shape index (κ3) is 5.22. The summed E-state index contributed by atoms with van der Waals surface area (Å²) in [6.07, 6.45) is 6.17. The van der Waals surface area contributed by atoms with E-state index in [1.165, 1.54) is 22.2 Å². The number of carbonyl (C=O) groups is 3. The maximum absolute atomic E-state index is 13.2. The molecule has 3 aromatic rings. The molecule has 0 radical (unpaired) electrons. The first-order valence-electron chi connectivity index (χ1n) is 12.0. The topological polar surface area (TPSA) is 117 Å². The molecule has 1 amide bonds. The number of amides is 1. The van der Waals surface area contributed by atoms with Crippen molar-refractivity contribution in [2.75, 3.05) is 11.9 Å². The smallest absolute Gasteiger partial charge is 0.348 e. The van der Waals surface area contributed by atoms with Gasteiger partial charge in [-0.2, -0.15) is 0 Å². The average molecular weight is 532 g/mol. The third-order valence-corrected chi connectivity index (χ3v) is 8.66. The van der Waals surface area contributed by atoms with E-state index < -0.39 is 23.4 Å². The van der Waals surface area contributed by atoms with Crippen LogP contribution < -0.4 is 10.9 Å². The van der Waals surface area contributed by atoms with E-state index in [9.17, 15) is 19.2 Å². The molecule has 1 aliphatic rings. The summed E-state index contributed by atoms with van der Waals surface area (Å²) in [7, 11) is 0. The van der Waals surface area contributed by atoms with Gasteiger partial charge in [-0.3, -0.25) is 14.2 Å². The molecule has 0 atom stereocenters. The Balaban J connectivity index is 1.54. The Morgan fingerprint density at radius 2 is 1.81 bits per heavy atom. The molecule has 0 unspecified atom stereocenters. The van der Waals surface area contributed by atoms with Crippen LogP contribution in [0.25, 0.3) is 10.2 Å². The van der Waals surface area contributed by atoms with Crippen LogP contribution >= 0.6 is 22.7 Å². The molecule has 4 rings (SSSR count). The molecule has 1 N–H and O–H groups in total. The second-order valence-corrected chi connectivity index (χ2v) is 11.1. The van der Waals surface area contributed by atoms with Gasteiger partial charge in [0, 0.05) is 4.88 Å². The number of fused-ring (bicyclic) bond motifs is 1. The Bertz CT molecular complexity index is 1380. The average Bonchev–Trinajstić information content (AvgIpc) is 3.32. The molecule has 0 aromatic carbocycles. The van der Waals surface area contributed by atoms with Gasteiger partial charge in [0.05, 0.1) is 23.9 Å². The first-order chi connectivity index (χ1) is 17.2. The monoisotopic (exact) mass is 531 g/mol. The first-order valence-corrected chi connectivity index (χ1v) is 13.6. The molecule has 3 heterocycles. The lowest BCUT2D eigenvalue weighted by atomic mass is 9.98. The summed E-state index contributed by atoms with van der Waals surface area (Å²) in [5.41, 5.74) is 1.17. The zero-order valence-electron chi connectivity index (χ0n) is 20.8. The number of rotatable bonds is 7. The summed E-state index contributed by atoms with van der Waals surface area (Å²) < 4.78 is 12.0. The number of carbonyl (C=O) groups excluding carboxylic acids is 3. The second kappa shape index (κ2) is 10.9. The molecule has 36 heavy (non-hydrogen) atoms. The van der Waals surface area contributed by atoms with Gasteiger partial charge < -0.3 is 14.8 Å². The van der Waals surface area contributed by atoms with Gasteiger partial charge in [-0.1, -0.05) is 6.42 Å². The van der Waals surface area contributed by atoms with Crippen LogP contribution in [0.4, 0.5) is 5.00 Å². The Morgan fingerprint density at radius 3 is 2.50 bits per heavy atom. The Hall–Kier alpha value is -3.05. The summed E-state index contributed by atoms with van der Waals surface area (Å²) >= 11 is 2.41. The fourth-order valence-corrected chi connectivity index (χ4v) is 6.43. The van der Waals surface area contributed by atoms with E-state index in [0.717, 1.165) is 53.9 Å². The van der Waals surface area contributed by atoms with E-state index in [-0.39, 0.29) is 19.3 Å². The number of anilines is 1. The lowest BCUT2D eigenvalue weighted by Gasteiger charge is -2.21. The van der Waals surface area contributed by atoms with Crippen LogP contribution in [-0.2, 0) is 20.8 Å². The fourth-order valence-electron chi connectivity index (χ4n) is 4.34. The number of nitrogens with one attached hydrogen (secondary N) is 1. The van der Waals surface area contributed by atoms with E-state index >= 15 is 0 Å². The van der Waals surface area contributed by atoms with Gasteiger partial charge in [-0.05, 0) is 64.5 Å². The van der Waals surface area contributed by atoms with Gasteiger partial charge in [0.1, 0.15) is 27.4 Å². The van der Waals surface area contributed by atoms with Crippen molar-refractivity contribution in [3.8, 4) is 0 Å². The predicted octanol–water partition coefficient (Wildman–Crippen LogP) is 4.75. The summed E-state index contributed by atoms with van der Waals surface area (Å²) in [6, 6.07) is 0. The SMILES string of the molecule is CCOC(=O)c1c(NC(=O)Cn2cnc3sc(C(=O)OC4CCCCC4)c(C)c3c2=O)sc(C)c1C. The number of esters is 2. The van der Waals surface area contributed by atoms with Crippen LogP contribution in [0.1, 0.15) is 75.1 Å². The zero-order valence-corrected chi connectivity index (χ0v) is 22.4. The first kappa shape index (κ1) is 26.0. The van der Waals surface area contributed by atoms with Crippen LogP contribution in [-0.4, -0.2) is 40.1 Å². The minimum absolute atomic E-state index is 0.0896. The number of aromatic nitrogens is 2. The van der Waals surface area contributed by atoms with Crippen LogP contribution in [0.5, 0.6) is 0 Å². The molecule has 9 nitrogen and oxygen atoms in total. The van der Waals surface area contributed by atoms with E-state index in [0.29, 0.717) is 31.2 Å². The summed E-state index contributed by atoms with van der Waals surface area (Å²) in [6.45, 7) is 7.00. The largest absolute Gasteiger partial charge is 0.462 e. The van der Waals surface area contributed by atoms with Crippen molar-refractivity contribution in [3.05, 3.63) is 43.1 Å². The van der Waals surface area contributed by atoms with Crippen molar-refractivity contribution < 1.29 is 23.9 Å². The van der Waals surface area contributed by atoms with Crippen LogP contribution in [0.2, 0.25) is 0 Å². The molecule has 0 saturated heterocycles. The molecule has 1 aliphatic carbocycles. The van der Waals surface area contributed by atoms with Crippen molar-refractivity contribution >= 4 is 55.7 Å². The number of thiophene rings is 2. The minimum Gasteiger partial charge on any atom is -0.462 e. The lowest BCUT2D eigenvalue weighted by molar-refractivity contribution is -0.116.